The first-order valence-electron chi connectivity index (χ1n) is 10.2. The number of hydrogen-bond acceptors (Lipinski definition) is 6. The molecule has 0 radical (unpaired) electrons. The number of rotatable bonds is 9. The molecule has 6 nitrogen and oxygen atoms in total. The van der Waals surface area contributed by atoms with Crippen molar-refractivity contribution in [3.8, 4) is 23.4 Å². The van der Waals surface area contributed by atoms with Gasteiger partial charge >= 0.3 is 12.1 Å². The third-order valence-corrected chi connectivity index (χ3v) is 4.54. The van der Waals surface area contributed by atoms with Crippen molar-refractivity contribution in [3.05, 3.63) is 84.1 Å². The zero-order valence-electron chi connectivity index (χ0n) is 18.1. The molecule has 1 heterocycles. The lowest BCUT2D eigenvalue weighted by molar-refractivity contribution is -0.207. The highest BCUT2D eigenvalue weighted by atomic mass is 19.3. The summed E-state index contributed by atoms with van der Waals surface area (Å²) in [6, 6.07) is 21.4. The number of hydrogen-bond donors (Lipinski definition) is 0. The minimum Gasteiger partial charge on any atom is -0.440 e. The molecule has 0 amide bonds. The van der Waals surface area contributed by atoms with Crippen molar-refractivity contribution in [3.63, 3.8) is 0 Å². The van der Waals surface area contributed by atoms with Crippen molar-refractivity contribution in [1.82, 2.24) is 4.98 Å². The SMILES string of the molecule is CC(C)C(F)(F)Oc1ccc(CC(=O)OC(C#N)c2cccc(Oc3ccccc3)n2)cc1. The maximum absolute atomic E-state index is 13.7. The zero-order valence-corrected chi connectivity index (χ0v) is 18.1. The van der Waals surface area contributed by atoms with Gasteiger partial charge in [0.05, 0.1) is 18.0 Å². The number of alkyl halides is 2. The lowest BCUT2D eigenvalue weighted by Gasteiger charge is -2.21. The topological polar surface area (TPSA) is 81.4 Å². The summed E-state index contributed by atoms with van der Waals surface area (Å²) in [6.07, 6.45) is -4.69. The molecular weight excluding hydrogens is 430 g/mol. The van der Waals surface area contributed by atoms with Crippen molar-refractivity contribution in [2.75, 3.05) is 0 Å². The molecule has 0 bridgehead atoms. The van der Waals surface area contributed by atoms with E-state index in [1.54, 1.807) is 30.3 Å². The maximum Gasteiger partial charge on any atom is 0.400 e. The number of carbonyl (C=O) groups excluding carboxylic acids is 1. The second-order valence-electron chi connectivity index (χ2n) is 7.45. The van der Waals surface area contributed by atoms with Crippen LogP contribution in [0.1, 0.15) is 31.2 Å². The molecule has 0 spiro atoms. The molecule has 170 valence electrons. The number of ether oxygens (including phenoxy) is 3. The number of para-hydroxylation sites is 1. The van der Waals surface area contributed by atoms with Crippen LogP contribution in [0.5, 0.6) is 17.4 Å². The standard InChI is InChI=1S/C25H22F2N2O4/c1-17(2)25(26,27)33-20-13-11-18(12-14-20)15-24(30)32-22(16-28)21-9-6-10-23(29-21)31-19-7-4-3-5-8-19/h3-14,17,22H,15H2,1-2H3. The fourth-order valence-corrected chi connectivity index (χ4v) is 2.69. The second kappa shape index (κ2) is 10.6. The van der Waals surface area contributed by atoms with Crippen LogP contribution < -0.4 is 9.47 Å². The van der Waals surface area contributed by atoms with Gasteiger partial charge in [-0.1, -0.05) is 50.2 Å². The first-order chi connectivity index (χ1) is 15.8. The Morgan fingerprint density at radius 2 is 1.70 bits per heavy atom. The molecule has 8 heteroatoms. The van der Waals surface area contributed by atoms with Crippen molar-refractivity contribution >= 4 is 5.97 Å². The quantitative estimate of drug-likeness (QED) is 0.379. The van der Waals surface area contributed by atoms with Crippen LogP contribution in [0.15, 0.2) is 72.8 Å². The monoisotopic (exact) mass is 452 g/mol. The number of benzene rings is 2. The molecular formula is C25H22F2N2O4. The Morgan fingerprint density at radius 3 is 2.33 bits per heavy atom. The Bertz CT molecular complexity index is 1110. The minimum absolute atomic E-state index is 0.0138. The van der Waals surface area contributed by atoms with E-state index in [0.717, 1.165) is 0 Å². The molecule has 1 unspecified atom stereocenters. The van der Waals surface area contributed by atoms with E-state index in [1.807, 2.05) is 24.3 Å². The van der Waals surface area contributed by atoms with E-state index in [1.165, 1.54) is 38.1 Å². The van der Waals surface area contributed by atoms with Crippen molar-refractivity contribution in [2.24, 2.45) is 5.92 Å². The second-order valence-corrected chi connectivity index (χ2v) is 7.45. The van der Waals surface area contributed by atoms with Crippen LogP contribution >= 0.6 is 0 Å². The van der Waals surface area contributed by atoms with Gasteiger partial charge in [-0.05, 0) is 35.9 Å². The third kappa shape index (κ3) is 6.74. The summed E-state index contributed by atoms with van der Waals surface area (Å²) in [5, 5.41) is 9.47. The first-order valence-corrected chi connectivity index (χ1v) is 10.2. The van der Waals surface area contributed by atoms with Gasteiger partial charge in [-0.15, -0.1) is 0 Å². The van der Waals surface area contributed by atoms with Gasteiger partial charge in [0.1, 0.15) is 17.6 Å². The number of pyridine rings is 1. The van der Waals surface area contributed by atoms with E-state index in [2.05, 4.69) is 4.98 Å². The molecule has 0 N–H and O–H groups in total. The number of aromatic nitrogens is 1. The molecule has 0 aliphatic rings. The fourth-order valence-electron chi connectivity index (χ4n) is 2.69. The van der Waals surface area contributed by atoms with Gasteiger partial charge in [-0.3, -0.25) is 4.79 Å². The van der Waals surface area contributed by atoms with Gasteiger partial charge < -0.3 is 14.2 Å². The molecule has 0 aliphatic heterocycles. The van der Waals surface area contributed by atoms with Gasteiger partial charge in [0.15, 0.2) is 0 Å². The largest absolute Gasteiger partial charge is 0.440 e. The molecule has 33 heavy (non-hydrogen) atoms. The van der Waals surface area contributed by atoms with Crippen LogP contribution in [0.25, 0.3) is 0 Å². The molecule has 2 aromatic carbocycles. The average molecular weight is 452 g/mol. The van der Waals surface area contributed by atoms with E-state index in [0.29, 0.717) is 11.3 Å². The number of halogens is 2. The summed E-state index contributed by atoms with van der Waals surface area (Å²) >= 11 is 0. The summed E-state index contributed by atoms with van der Waals surface area (Å²) in [7, 11) is 0. The molecule has 1 atom stereocenters. The van der Waals surface area contributed by atoms with Crippen molar-refractivity contribution in [2.45, 2.75) is 32.5 Å². The summed E-state index contributed by atoms with van der Waals surface area (Å²) in [5.74, 6) is -0.839. The minimum atomic E-state index is -3.30. The van der Waals surface area contributed by atoms with Crippen LogP contribution in [0, 0.1) is 17.2 Å². The van der Waals surface area contributed by atoms with Crippen LogP contribution in [-0.2, 0) is 16.0 Å². The van der Waals surface area contributed by atoms with Gasteiger partial charge in [0, 0.05) is 6.07 Å². The Balaban J connectivity index is 1.61. The number of esters is 1. The molecule has 3 rings (SSSR count). The smallest absolute Gasteiger partial charge is 0.400 e. The van der Waals surface area contributed by atoms with E-state index >= 15 is 0 Å². The van der Waals surface area contributed by atoms with Crippen LogP contribution in [-0.4, -0.2) is 17.1 Å². The van der Waals surface area contributed by atoms with Crippen molar-refractivity contribution < 1.29 is 27.8 Å². The summed E-state index contributed by atoms with van der Waals surface area (Å²) in [5.41, 5.74) is 0.741. The predicted molar refractivity (Wildman–Crippen MR) is 116 cm³/mol. The summed E-state index contributed by atoms with van der Waals surface area (Å²) in [4.78, 5) is 16.6. The zero-order chi connectivity index (χ0) is 23.8. The van der Waals surface area contributed by atoms with Gasteiger partial charge in [-0.25, -0.2) is 4.98 Å². The predicted octanol–water partition coefficient (Wildman–Crippen LogP) is 5.85. The van der Waals surface area contributed by atoms with Crippen LogP contribution in [0.3, 0.4) is 0 Å². The van der Waals surface area contributed by atoms with Crippen LogP contribution in [0.4, 0.5) is 8.78 Å². The van der Waals surface area contributed by atoms with Crippen molar-refractivity contribution in [1.29, 1.82) is 5.26 Å². The molecule has 1 aromatic heterocycles. The molecule has 0 saturated heterocycles. The van der Waals surface area contributed by atoms with Gasteiger partial charge in [0.25, 0.3) is 0 Å². The van der Waals surface area contributed by atoms with E-state index in [-0.39, 0.29) is 23.7 Å². The number of nitrogens with zero attached hydrogens (tertiary/aromatic N) is 2. The first kappa shape index (κ1) is 23.7. The number of carbonyl (C=O) groups is 1. The Hall–Kier alpha value is -3.99. The van der Waals surface area contributed by atoms with Gasteiger partial charge in [0.2, 0.25) is 12.0 Å². The highest BCUT2D eigenvalue weighted by Gasteiger charge is 2.36. The third-order valence-electron chi connectivity index (χ3n) is 4.54. The van der Waals surface area contributed by atoms with Gasteiger partial charge in [-0.2, -0.15) is 14.0 Å². The normalized spacial score (nSPS) is 12.0. The van der Waals surface area contributed by atoms with Crippen LogP contribution in [0.2, 0.25) is 0 Å². The highest BCUT2D eigenvalue weighted by molar-refractivity contribution is 5.73. The fraction of sp³-hybridized carbons (Fsp3) is 0.240. The Kier molecular flexibility index (Phi) is 7.57. The summed E-state index contributed by atoms with van der Waals surface area (Å²) < 4.78 is 43.0. The molecule has 0 saturated carbocycles. The van der Waals surface area contributed by atoms with E-state index in [4.69, 9.17) is 14.2 Å². The number of nitriles is 1. The lowest BCUT2D eigenvalue weighted by atomic mass is 10.1. The Morgan fingerprint density at radius 1 is 1.00 bits per heavy atom. The highest BCUT2D eigenvalue weighted by Crippen LogP contribution is 2.28. The average Bonchev–Trinajstić information content (AvgIpc) is 2.79. The van der Waals surface area contributed by atoms with E-state index < -0.39 is 24.1 Å². The molecule has 3 aromatic rings. The maximum atomic E-state index is 13.7. The molecule has 0 aliphatic carbocycles. The van der Waals surface area contributed by atoms with E-state index in [9.17, 15) is 18.8 Å². The summed E-state index contributed by atoms with van der Waals surface area (Å²) in [6.45, 7) is 2.71. The lowest BCUT2D eigenvalue weighted by Crippen LogP contribution is -2.31. The molecule has 0 fully saturated rings. The Labute approximate surface area is 190 Å².